The number of carbonyl (C=O) groups excluding carboxylic acids is 2. The summed E-state index contributed by atoms with van der Waals surface area (Å²) < 4.78 is 13.9. The topological polar surface area (TPSA) is 46.2 Å². The van der Waals surface area contributed by atoms with Crippen molar-refractivity contribution in [2.45, 2.75) is 38.5 Å². The highest BCUT2D eigenvalue weighted by Crippen LogP contribution is 2.50. The summed E-state index contributed by atoms with van der Waals surface area (Å²) in [5.74, 6) is 0.207. The molecule has 1 aliphatic carbocycles. The SMILES string of the molecule is CC(=O)c1cc(C2C3=C(CCS3)NC3=C2C(=O)CCC3)ccc1F. The van der Waals surface area contributed by atoms with Crippen LogP contribution in [0.4, 0.5) is 4.39 Å². The maximum atomic E-state index is 13.9. The van der Waals surface area contributed by atoms with E-state index in [1.165, 1.54) is 18.7 Å². The number of ketones is 2. The van der Waals surface area contributed by atoms with Gasteiger partial charge in [0.2, 0.25) is 0 Å². The Morgan fingerprint density at radius 2 is 2.08 bits per heavy atom. The van der Waals surface area contributed by atoms with Crippen molar-refractivity contribution in [2.75, 3.05) is 5.75 Å². The van der Waals surface area contributed by atoms with Crippen molar-refractivity contribution in [2.24, 2.45) is 0 Å². The van der Waals surface area contributed by atoms with Gasteiger partial charge in [0.25, 0.3) is 0 Å². The molecule has 0 saturated heterocycles. The number of thioether (sulfide) groups is 1. The molecule has 0 saturated carbocycles. The molecule has 4 rings (SSSR count). The first-order chi connectivity index (χ1) is 11.6. The van der Waals surface area contributed by atoms with E-state index in [9.17, 15) is 14.0 Å². The van der Waals surface area contributed by atoms with Crippen LogP contribution in [0.15, 0.2) is 40.1 Å². The molecule has 3 nitrogen and oxygen atoms in total. The molecule has 0 radical (unpaired) electrons. The molecule has 1 N–H and O–H groups in total. The van der Waals surface area contributed by atoms with Gasteiger partial charge in [0.05, 0.1) is 5.56 Å². The van der Waals surface area contributed by atoms with Crippen molar-refractivity contribution in [3.63, 3.8) is 0 Å². The molecule has 5 heteroatoms. The van der Waals surface area contributed by atoms with Crippen LogP contribution < -0.4 is 5.32 Å². The van der Waals surface area contributed by atoms with Crippen LogP contribution in [0.2, 0.25) is 0 Å². The van der Waals surface area contributed by atoms with Gasteiger partial charge < -0.3 is 5.32 Å². The van der Waals surface area contributed by atoms with Gasteiger partial charge in [-0.3, -0.25) is 9.59 Å². The second-order valence-corrected chi connectivity index (χ2v) is 7.60. The number of allylic oxidation sites excluding steroid dienone is 4. The molecule has 0 spiro atoms. The molecular weight excluding hydrogens is 325 g/mol. The summed E-state index contributed by atoms with van der Waals surface area (Å²) in [6, 6.07) is 4.69. The number of carbonyl (C=O) groups is 2. The summed E-state index contributed by atoms with van der Waals surface area (Å²) in [7, 11) is 0. The largest absolute Gasteiger partial charge is 0.361 e. The number of Topliss-reactive ketones (excluding diaryl/α,β-unsaturated/α-hetero) is 2. The highest BCUT2D eigenvalue weighted by molar-refractivity contribution is 8.03. The summed E-state index contributed by atoms with van der Waals surface area (Å²) in [6.45, 7) is 1.37. The van der Waals surface area contributed by atoms with Gasteiger partial charge in [-0.15, -0.1) is 11.8 Å². The lowest BCUT2D eigenvalue weighted by Crippen LogP contribution is -2.30. The Kier molecular flexibility index (Phi) is 3.83. The van der Waals surface area contributed by atoms with Crippen LogP contribution in [0.25, 0.3) is 0 Å². The standard InChI is InChI=1S/C19H18FNO2S/c1-10(22)12-9-11(5-6-13(12)20)17-18-14(3-2-4-16(18)23)21-15-7-8-24-19(15)17/h5-6,9,17,21H,2-4,7-8H2,1H3. The number of dihydropyridines is 1. The molecule has 1 unspecified atom stereocenters. The summed E-state index contributed by atoms with van der Waals surface area (Å²) in [6.07, 6.45) is 3.27. The maximum absolute atomic E-state index is 13.9. The van der Waals surface area contributed by atoms with E-state index in [1.54, 1.807) is 23.9 Å². The maximum Gasteiger partial charge on any atom is 0.162 e. The van der Waals surface area contributed by atoms with Gasteiger partial charge in [0, 0.05) is 40.0 Å². The molecule has 2 heterocycles. The van der Waals surface area contributed by atoms with Gasteiger partial charge in [0.1, 0.15) is 5.82 Å². The number of hydrogen-bond acceptors (Lipinski definition) is 4. The van der Waals surface area contributed by atoms with E-state index in [0.717, 1.165) is 46.8 Å². The molecule has 0 amide bonds. The van der Waals surface area contributed by atoms with Crippen molar-refractivity contribution in [3.05, 3.63) is 57.0 Å². The van der Waals surface area contributed by atoms with Crippen molar-refractivity contribution in [3.8, 4) is 0 Å². The molecule has 1 aromatic carbocycles. The minimum atomic E-state index is -0.502. The summed E-state index contributed by atoms with van der Waals surface area (Å²) in [5, 5.41) is 3.47. The smallest absolute Gasteiger partial charge is 0.162 e. The molecule has 24 heavy (non-hydrogen) atoms. The Bertz CT molecular complexity index is 825. The Morgan fingerprint density at radius 3 is 2.88 bits per heavy atom. The lowest BCUT2D eigenvalue weighted by atomic mass is 9.79. The minimum absolute atomic E-state index is 0.0987. The van der Waals surface area contributed by atoms with E-state index in [0.29, 0.717) is 6.42 Å². The third kappa shape index (κ3) is 2.42. The fourth-order valence-corrected chi connectivity index (χ4v) is 5.08. The lowest BCUT2D eigenvalue weighted by Gasteiger charge is -2.33. The summed E-state index contributed by atoms with van der Waals surface area (Å²) in [5.41, 5.74) is 3.96. The second-order valence-electron chi connectivity index (χ2n) is 6.46. The van der Waals surface area contributed by atoms with Crippen molar-refractivity contribution >= 4 is 23.3 Å². The average Bonchev–Trinajstić information content (AvgIpc) is 3.01. The Labute approximate surface area is 144 Å². The van der Waals surface area contributed by atoms with Crippen LogP contribution in [-0.2, 0) is 4.79 Å². The van der Waals surface area contributed by atoms with E-state index in [2.05, 4.69) is 5.32 Å². The number of rotatable bonds is 2. The summed E-state index contributed by atoms with van der Waals surface area (Å²) in [4.78, 5) is 25.5. The van der Waals surface area contributed by atoms with Gasteiger partial charge in [-0.25, -0.2) is 4.39 Å². The molecule has 0 bridgehead atoms. The zero-order chi connectivity index (χ0) is 16.8. The van der Waals surface area contributed by atoms with Crippen LogP contribution in [0.3, 0.4) is 0 Å². The molecule has 2 aliphatic heterocycles. The van der Waals surface area contributed by atoms with Gasteiger partial charge in [-0.05, 0) is 43.9 Å². The third-order valence-electron chi connectivity index (χ3n) is 4.92. The van der Waals surface area contributed by atoms with E-state index in [1.807, 2.05) is 0 Å². The molecule has 3 aliphatic rings. The van der Waals surface area contributed by atoms with E-state index < -0.39 is 5.82 Å². The first-order valence-electron chi connectivity index (χ1n) is 8.25. The highest BCUT2D eigenvalue weighted by Gasteiger charge is 2.38. The fraction of sp³-hybridized carbons (Fsp3) is 0.368. The Balaban J connectivity index is 1.88. The Hall–Kier alpha value is -1.88. The molecule has 1 atom stereocenters. The predicted molar refractivity (Wildman–Crippen MR) is 92.3 cm³/mol. The number of halogens is 1. The van der Waals surface area contributed by atoms with E-state index >= 15 is 0 Å². The third-order valence-corrected chi connectivity index (χ3v) is 6.12. The van der Waals surface area contributed by atoms with Crippen molar-refractivity contribution in [1.29, 1.82) is 0 Å². The Morgan fingerprint density at radius 1 is 1.25 bits per heavy atom. The van der Waals surface area contributed by atoms with Crippen LogP contribution in [0.5, 0.6) is 0 Å². The monoisotopic (exact) mass is 343 g/mol. The average molecular weight is 343 g/mol. The van der Waals surface area contributed by atoms with E-state index in [-0.39, 0.29) is 23.0 Å². The minimum Gasteiger partial charge on any atom is -0.361 e. The lowest BCUT2D eigenvalue weighted by molar-refractivity contribution is -0.116. The van der Waals surface area contributed by atoms with Gasteiger partial charge in [0.15, 0.2) is 11.6 Å². The van der Waals surface area contributed by atoms with Gasteiger partial charge in [-0.1, -0.05) is 6.07 Å². The highest BCUT2D eigenvalue weighted by atomic mass is 32.2. The molecule has 0 fully saturated rings. The molecular formula is C19H18FNO2S. The van der Waals surface area contributed by atoms with Crippen LogP contribution >= 0.6 is 11.8 Å². The number of nitrogens with one attached hydrogen (secondary N) is 1. The van der Waals surface area contributed by atoms with Crippen molar-refractivity contribution < 1.29 is 14.0 Å². The molecule has 1 aromatic rings. The first kappa shape index (κ1) is 15.6. The first-order valence-corrected chi connectivity index (χ1v) is 9.24. The number of hydrogen-bond donors (Lipinski definition) is 1. The normalized spacial score (nSPS) is 23.1. The van der Waals surface area contributed by atoms with E-state index in [4.69, 9.17) is 0 Å². The summed E-state index contributed by atoms with van der Waals surface area (Å²) >= 11 is 1.76. The molecule has 124 valence electrons. The zero-order valence-corrected chi connectivity index (χ0v) is 14.3. The van der Waals surface area contributed by atoms with Gasteiger partial charge >= 0.3 is 0 Å². The second kappa shape index (κ2) is 5.88. The molecule has 0 aromatic heterocycles. The number of benzene rings is 1. The van der Waals surface area contributed by atoms with Gasteiger partial charge in [-0.2, -0.15) is 0 Å². The predicted octanol–water partition coefficient (Wildman–Crippen LogP) is 4.07. The van der Waals surface area contributed by atoms with Crippen molar-refractivity contribution in [1.82, 2.24) is 5.32 Å². The zero-order valence-electron chi connectivity index (χ0n) is 13.4. The van der Waals surface area contributed by atoms with Crippen LogP contribution in [0, 0.1) is 5.82 Å². The fourth-order valence-electron chi connectivity index (χ4n) is 3.81. The quantitative estimate of drug-likeness (QED) is 0.822. The van der Waals surface area contributed by atoms with Crippen LogP contribution in [-0.4, -0.2) is 17.3 Å². The van der Waals surface area contributed by atoms with Crippen LogP contribution in [0.1, 0.15) is 54.4 Å².